The van der Waals surface area contributed by atoms with Gasteiger partial charge >= 0.3 is 6.18 Å². The molecule has 3 aromatic heterocycles. The highest BCUT2D eigenvalue weighted by atomic mass is 19.4. The third-order valence-corrected chi connectivity index (χ3v) is 4.02. The van der Waals surface area contributed by atoms with E-state index in [0.717, 1.165) is 10.7 Å². The van der Waals surface area contributed by atoms with Crippen LogP contribution in [0.2, 0.25) is 0 Å². The number of hydrogen-bond acceptors (Lipinski definition) is 6. The van der Waals surface area contributed by atoms with Gasteiger partial charge in [-0.05, 0) is 18.2 Å². The summed E-state index contributed by atoms with van der Waals surface area (Å²) in [6.07, 6.45) is -3.08. The summed E-state index contributed by atoms with van der Waals surface area (Å²) in [6, 6.07) is 5.18. The molecule has 3 aromatic rings. The lowest BCUT2D eigenvalue weighted by Gasteiger charge is -2.39. The highest BCUT2D eigenvalue weighted by molar-refractivity contribution is 5.46. The van der Waals surface area contributed by atoms with E-state index in [-0.39, 0.29) is 12.5 Å². The van der Waals surface area contributed by atoms with Crippen LogP contribution in [0.15, 0.2) is 35.4 Å². The molecule has 0 N–H and O–H groups in total. The molecule has 1 saturated heterocycles. The lowest BCUT2D eigenvalue weighted by Crippen LogP contribution is -2.50. The third-order valence-electron chi connectivity index (χ3n) is 4.02. The maximum absolute atomic E-state index is 12.7. The number of hydrogen-bond donors (Lipinski definition) is 0. The van der Waals surface area contributed by atoms with Crippen LogP contribution in [-0.4, -0.2) is 42.7 Å². The molecule has 4 rings (SSSR count). The van der Waals surface area contributed by atoms with E-state index >= 15 is 0 Å². The fourth-order valence-electron chi connectivity index (χ4n) is 2.73. The minimum Gasteiger partial charge on any atom is -0.354 e. The van der Waals surface area contributed by atoms with Crippen LogP contribution in [-0.2, 0) is 12.7 Å². The van der Waals surface area contributed by atoms with Crippen molar-refractivity contribution >= 4 is 11.5 Å². The molecule has 0 spiro atoms. The highest BCUT2D eigenvalue weighted by Crippen LogP contribution is 2.27. The zero-order valence-electron chi connectivity index (χ0n) is 12.8. The number of alkyl halides is 3. The minimum absolute atomic E-state index is 0.0205. The van der Waals surface area contributed by atoms with Crippen LogP contribution in [0, 0.1) is 5.92 Å². The number of anilines is 1. The first-order chi connectivity index (χ1) is 11.9. The molecule has 0 bridgehead atoms. The second-order valence-electron chi connectivity index (χ2n) is 5.83. The molecule has 0 aromatic carbocycles. The third kappa shape index (κ3) is 2.92. The molecule has 25 heavy (non-hydrogen) atoms. The van der Waals surface area contributed by atoms with E-state index in [2.05, 4.69) is 20.4 Å². The van der Waals surface area contributed by atoms with Crippen molar-refractivity contribution in [1.29, 1.82) is 0 Å². The molecule has 0 radical (unpaired) electrons. The SMILES string of the molecule is O=c1ccc(C(F)(F)F)nn1CC1CN(c2ccc3nncn3n2)C1. The van der Waals surface area contributed by atoms with Crippen molar-refractivity contribution in [3.63, 3.8) is 0 Å². The van der Waals surface area contributed by atoms with Crippen molar-refractivity contribution in [1.82, 2.24) is 29.6 Å². The molecule has 1 fully saturated rings. The molecule has 8 nitrogen and oxygen atoms in total. The molecule has 0 saturated carbocycles. The van der Waals surface area contributed by atoms with Crippen molar-refractivity contribution < 1.29 is 13.2 Å². The van der Waals surface area contributed by atoms with E-state index in [4.69, 9.17) is 0 Å². The second kappa shape index (κ2) is 5.53. The molecule has 1 aliphatic heterocycles. The van der Waals surface area contributed by atoms with Crippen LogP contribution >= 0.6 is 0 Å². The molecule has 0 atom stereocenters. The summed E-state index contributed by atoms with van der Waals surface area (Å²) in [5.41, 5.74) is -0.987. The van der Waals surface area contributed by atoms with Crippen LogP contribution in [0.3, 0.4) is 0 Å². The molecule has 130 valence electrons. The van der Waals surface area contributed by atoms with Crippen LogP contribution in [0.4, 0.5) is 19.0 Å². The van der Waals surface area contributed by atoms with Gasteiger partial charge in [0.15, 0.2) is 11.3 Å². The van der Waals surface area contributed by atoms with E-state index in [1.165, 1.54) is 6.33 Å². The first-order valence-electron chi connectivity index (χ1n) is 7.47. The summed E-state index contributed by atoms with van der Waals surface area (Å²) in [7, 11) is 0. The molecule has 0 aliphatic carbocycles. The molecule has 0 amide bonds. The number of nitrogens with zero attached hydrogens (tertiary/aromatic N) is 7. The Morgan fingerprint density at radius 2 is 1.92 bits per heavy atom. The molecule has 4 heterocycles. The van der Waals surface area contributed by atoms with Crippen molar-refractivity contribution in [2.45, 2.75) is 12.7 Å². The highest BCUT2D eigenvalue weighted by Gasteiger charge is 2.34. The molecule has 11 heteroatoms. The monoisotopic (exact) mass is 351 g/mol. The van der Waals surface area contributed by atoms with Crippen LogP contribution in [0.5, 0.6) is 0 Å². The average Bonchev–Trinajstić information content (AvgIpc) is 2.98. The first kappa shape index (κ1) is 15.5. The standard InChI is InChI=1S/C14H12F3N7O/c15-14(16,17)10-1-4-13(25)23(20-10)7-9-5-22(6-9)12-3-2-11-19-18-8-24(11)21-12/h1-4,8-9H,5-7H2. The fourth-order valence-corrected chi connectivity index (χ4v) is 2.73. The van der Waals surface area contributed by atoms with Gasteiger partial charge in [0, 0.05) is 25.1 Å². The Labute approximate surface area is 138 Å². The normalized spacial score (nSPS) is 15.6. The van der Waals surface area contributed by atoms with Gasteiger partial charge in [-0.25, -0.2) is 4.68 Å². The van der Waals surface area contributed by atoms with Gasteiger partial charge in [-0.2, -0.15) is 22.8 Å². The Morgan fingerprint density at radius 3 is 2.68 bits per heavy atom. The summed E-state index contributed by atoms with van der Waals surface area (Å²) in [5.74, 6) is 0.736. The molecule has 0 unspecified atom stereocenters. The average molecular weight is 351 g/mol. The van der Waals surface area contributed by atoms with E-state index in [1.807, 2.05) is 4.90 Å². The maximum Gasteiger partial charge on any atom is 0.435 e. The Morgan fingerprint density at radius 1 is 1.12 bits per heavy atom. The van der Waals surface area contributed by atoms with Gasteiger partial charge in [0.1, 0.15) is 12.1 Å². The summed E-state index contributed by atoms with van der Waals surface area (Å²) in [5, 5.41) is 15.4. The van der Waals surface area contributed by atoms with Crippen molar-refractivity contribution in [2.24, 2.45) is 5.92 Å². The second-order valence-corrected chi connectivity index (χ2v) is 5.83. The Kier molecular flexibility index (Phi) is 3.44. The summed E-state index contributed by atoms with van der Waals surface area (Å²) in [6.45, 7) is 1.28. The van der Waals surface area contributed by atoms with E-state index in [0.29, 0.717) is 30.6 Å². The van der Waals surface area contributed by atoms with Gasteiger partial charge in [0.05, 0.1) is 6.54 Å². The van der Waals surface area contributed by atoms with Gasteiger partial charge in [-0.15, -0.1) is 15.3 Å². The topological polar surface area (TPSA) is 81.2 Å². The number of halogens is 3. The lowest BCUT2D eigenvalue weighted by atomic mass is 10.0. The van der Waals surface area contributed by atoms with Gasteiger partial charge < -0.3 is 4.90 Å². The van der Waals surface area contributed by atoms with Crippen LogP contribution < -0.4 is 10.5 Å². The number of rotatable bonds is 3. The van der Waals surface area contributed by atoms with Gasteiger partial charge in [-0.1, -0.05) is 0 Å². The Hall–Kier alpha value is -2.98. The smallest absolute Gasteiger partial charge is 0.354 e. The maximum atomic E-state index is 12.7. The number of aromatic nitrogens is 6. The summed E-state index contributed by atoms with van der Waals surface area (Å²) < 4.78 is 40.6. The van der Waals surface area contributed by atoms with Crippen molar-refractivity contribution in [3.8, 4) is 0 Å². The fraction of sp³-hybridized carbons (Fsp3) is 0.357. The van der Waals surface area contributed by atoms with E-state index < -0.39 is 17.4 Å². The zero-order chi connectivity index (χ0) is 17.6. The minimum atomic E-state index is -4.57. The predicted molar refractivity (Wildman–Crippen MR) is 80.0 cm³/mol. The van der Waals surface area contributed by atoms with Gasteiger partial charge in [-0.3, -0.25) is 4.79 Å². The largest absolute Gasteiger partial charge is 0.435 e. The van der Waals surface area contributed by atoms with Gasteiger partial charge in [0.2, 0.25) is 0 Å². The summed E-state index contributed by atoms with van der Waals surface area (Å²) >= 11 is 0. The van der Waals surface area contributed by atoms with Crippen molar-refractivity contribution in [2.75, 3.05) is 18.0 Å². The Bertz CT molecular complexity index is 974. The molecule has 1 aliphatic rings. The summed E-state index contributed by atoms with van der Waals surface area (Å²) in [4.78, 5) is 13.7. The molecular formula is C14H12F3N7O. The van der Waals surface area contributed by atoms with E-state index in [9.17, 15) is 18.0 Å². The predicted octanol–water partition coefficient (Wildman–Crippen LogP) is 0.836. The van der Waals surface area contributed by atoms with Crippen LogP contribution in [0.25, 0.3) is 5.65 Å². The van der Waals surface area contributed by atoms with E-state index in [1.54, 1.807) is 16.6 Å². The number of fused-ring (bicyclic) bond motifs is 1. The Balaban J connectivity index is 1.45. The molecular weight excluding hydrogens is 339 g/mol. The zero-order valence-corrected chi connectivity index (χ0v) is 12.8. The quantitative estimate of drug-likeness (QED) is 0.696. The van der Waals surface area contributed by atoms with Gasteiger partial charge in [0.25, 0.3) is 5.56 Å². The lowest BCUT2D eigenvalue weighted by molar-refractivity contribution is -0.142. The van der Waals surface area contributed by atoms with Crippen molar-refractivity contribution in [3.05, 3.63) is 46.6 Å². The first-order valence-corrected chi connectivity index (χ1v) is 7.47. The van der Waals surface area contributed by atoms with Crippen LogP contribution in [0.1, 0.15) is 5.69 Å².